The number of Topliss-reactive ketones (excluding diaryl/α,β-unsaturated/α-hetero) is 1. The molecule has 0 spiro atoms. The second kappa shape index (κ2) is 4.37. The number of esters is 1. The van der Waals surface area contributed by atoms with Crippen LogP contribution in [0.15, 0.2) is 0 Å². The van der Waals surface area contributed by atoms with Gasteiger partial charge < -0.3 is 4.74 Å². The molecule has 0 aromatic heterocycles. The molecule has 0 N–H and O–H groups in total. The topological polar surface area (TPSA) is 43.4 Å². The van der Waals surface area contributed by atoms with E-state index in [2.05, 4.69) is 4.74 Å². The fourth-order valence-electron chi connectivity index (χ4n) is 1.14. The van der Waals surface area contributed by atoms with Gasteiger partial charge in [-0.2, -0.15) is 0 Å². The summed E-state index contributed by atoms with van der Waals surface area (Å²) in [5, 5.41) is 0. The van der Waals surface area contributed by atoms with Crippen LogP contribution >= 0.6 is 23.5 Å². The molecule has 0 radical (unpaired) electrons. The maximum absolute atomic E-state index is 11.2. The predicted octanol–water partition coefficient (Wildman–Crippen LogP) is 1.31. The molecule has 0 atom stereocenters. The van der Waals surface area contributed by atoms with Crippen LogP contribution in [0.1, 0.15) is 13.3 Å². The number of methoxy groups -OCH3 is 1. The summed E-state index contributed by atoms with van der Waals surface area (Å²) in [6.45, 7) is 2.00. The molecule has 13 heavy (non-hydrogen) atoms. The summed E-state index contributed by atoms with van der Waals surface area (Å²) in [4.78, 5) is 22.1. The van der Waals surface area contributed by atoms with Crippen molar-refractivity contribution in [3.63, 3.8) is 0 Å². The van der Waals surface area contributed by atoms with E-state index in [9.17, 15) is 9.59 Å². The Kier molecular flexibility index (Phi) is 3.67. The molecule has 0 aromatic carbocycles. The first kappa shape index (κ1) is 10.9. The summed E-state index contributed by atoms with van der Waals surface area (Å²) < 4.78 is 4.24. The van der Waals surface area contributed by atoms with E-state index in [1.807, 2.05) is 6.92 Å². The Hall–Kier alpha value is -0.160. The zero-order valence-corrected chi connectivity index (χ0v) is 9.30. The Bertz CT molecular complexity index is 221. The highest BCUT2D eigenvalue weighted by molar-refractivity contribution is 8.21. The van der Waals surface area contributed by atoms with E-state index >= 15 is 0 Å². The Morgan fingerprint density at radius 3 is 2.38 bits per heavy atom. The van der Waals surface area contributed by atoms with Crippen LogP contribution in [-0.4, -0.2) is 34.4 Å². The van der Waals surface area contributed by atoms with Crippen LogP contribution in [0.4, 0.5) is 0 Å². The minimum Gasteiger partial charge on any atom is -0.463 e. The zero-order valence-electron chi connectivity index (χ0n) is 7.66. The first-order valence-electron chi connectivity index (χ1n) is 3.96. The van der Waals surface area contributed by atoms with Gasteiger partial charge in [-0.15, -0.1) is 23.5 Å². The van der Waals surface area contributed by atoms with Gasteiger partial charge in [0, 0.05) is 17.9 Å². The van der Waals surface area contributed by atoms with Crippen molar-refractivity contribution in [2.24, 2.45) is 0 Å². The van der Waals surface area contributed by atoms with Crippen molar-refractivity contribution in [1.29, 1.82) is 0 Å². The molecule has 0 amide bonds. The van der Waals surface area contributed by atoms with Gasteiger partial charge in [0.15, 0.2) is 0 Å². The standard InChI is InChI=1S/C8H12O3S2/c1-8(12-3-4-13-8)5-6(9)7(10)11-2/h3-5H2,1-2H3. The van der Waals surface area contributed by atoms with Gasteiger partial charge >= 0.3 is 5.97 Å². The van der Waals surface area contributed by atoms with Gasteiger partial charge in [-0.25, -0.2) is 4.79 Å². The highest BCUT2D eigenvalue weighted by Gasteiger charge is 2.34. The largest absolute Gasteiger partial charge is 0.463 e. The maximum atomic E-state index is 11.2. The lowest BCUT2D eigenvalue weighted by Gasteiger charge is -2.19. The van der Waals surface area contributed by atoms with E-state index in [4.69, 9.17) is 0 Å². The number of hydrogen-bond donors (Lipinski definition) is 0. The molecule has 3 nitrogen and oxygen atoms in total. The summed E-state index contributed by atoms with van der Waals surface area (Å²) in [7, 11) is 1.23. The molecular weight excluding hydrogens is 208 g/mol. The summed E-state index contributed by atoms with van der Waals surface area (Å²) in [5.74, 6) is 0.951. The lowest BCUT2D eigenvalue weighted by Crippen LogP contribution is -2.24. The fourth-order valence-corrected chi connectivity index (χ4v) is 3.97. The van der Waals surface area contributed by atoms with Crippen LogP contribution in [0.5, 0.6) is 0 Å². The number of carbonyl (C=O) groups is 2. The molecule has 1 heterocycles. The number of ether oxygens (including phenoxy) is 1. The molecule has 0 saturated carbocycles. The number of rotatable bonds is 3. The third kappa shape index (κ3) is 2.91. The molecule has 0 unspecified atom stereocenters. The van der Waals surface area contributed by atoms with Gasteiger partial charge in [0.2, 0.25) is 5.78 Å². The number of hydrogen-bond acceptors (Lipinski definition) is 5. The van der Waals surface area contributed by atoms with E-state index < -0.39 is 11.8 Å². The summed E-state index contributed by atoms with van der Waals surface area (Å²) in [5.41, 5.74) is 0. The van der Waals surface area contributed by atoms with Crippen molar-refractivity contribution in [3.05, 3.63) is 0 Å². The Balaban J connectivity index is 2.47. The van der Waals surface area contributed by atoms with Gasteiger partial charge in [-0.1, -0.05) is 0 Å². The summed E-state index contributed by atoms with van der Waals surface area (Å²) in [6, 6.07) is 0. The highest BCUT2D eigenvalue weighted by atomic mass is 32.2. The van der Waals surface area contributed by atoms with Gasteiger partial charge in [-0.05, 0) is 6.92 Å². The number of thioether (sulfide) groups is 2. The van der Waals surface area contributed by atoms with Crippen molar-refractivity contribution in [3.8, 4) is 0 Å². The highest BCUT2D eigenvalue weighted by Crippen LogP contribution is 2.45. The Labute approximate surface area is 86.0 Å². The van der Waals surface area contributed by atoms with E-state index in [0.29, 0.717) is 0 Å². The molecule has 1 fully saturated rings. The van der Waals surface area contributed by atoms with Crippen molar-refractivity contribution >= 4 is 35.3 Å². The monoisotopic (exact) mass is 220 g/mol. The summed E-state index contributed by atoms with van der Waals surface area (Å²) >= 11 is 3.47. The molecule has 5 heteroatoms. The minimum absolute atomic E-state index is 0.120. The number of carbonyl (C=O) groups excluding carboxylic acids is 2. The maximum Gasteiger partial charge on any atom is 0.374 e. The van der Waals surface area contributed by atoms with E-state index in [-0.39, 0.29) is 10.5 Å². The normalized spacial score (nSPS) is 19.8. The fraction of sp³-hybridized carbons (Fsp3) is 0.750. The first-order chi connectivity index (χ1) is 6.07. The van der Waals surface area contributed by atoms with Gasteiger partial charge in [-0.3, -0.25) is 4.79 Å². The lowest BCUT2D eigenvalue weighted by atomic mass is 10.2. The molecular formula is C8H12O3S2. The van der Waals surface area contributed by atoms with Crippen molar-refractivity contribution in [2.75, 3.05) is 18.6 Å². The third-order valence-corrected chi connectivity index (χ3v) is 5.08. The quantitative estimate of drug-likeness (QED) is 0.530. The number of ketones is 1. The molecule has 0 bridgehead atoms. The van der Waals surface area contributed by atoms with E-state index in [1.165, 1.54) is 7.11 Å². The lowest BCUT2D eigenvalue weighted by molar-refractivity contribution is -0.151. The third-order valence-electron chi connectivity index (χ3n) is 1.79. The molecule has 0 aliphatic carbocycles. The van der Waals surface area contributed by atoms with Gasteiger partial charge in [0.05, 0.1) is 11.2 Å². The minimum atomic E-state index is -0.727. The average molecular weight is 220 g/mol. The zero-order chi connectivity index (χ0) is 9.90. The second-order valence-electron chi connectivity index (χ2n) is 2.92. The summed E-state index contributed by atoms with van der Waals surface area (Å²) in [6.07, 6.45) is 0.273. The van der Waals surface area contributed by atoms with E-state index in [1.54, 1.807) is 23.5 Å². The van der Waals surface area contributed by atoms with Crippen molar-refractivity contribution in [2.45, 2.75) is 17.4 Å². The Morgan fingerprint density at radius 1 is 1.38 bits per heavy atom. The molecule has 1 rings (SSSR count). The predicted molar refractivity (Wildman–Crippen MR) is 55.0 cm³/mol. The van der Waals surface area contributed by atoms with Crippen LogP contribution in [-0.2, 0) is 14.3 Å². The smallest absolute Gasteiger partial charge is 0.374 e. The molecule has 1 saturated heterocycles. The molecule has 0 aromatic rings. The Morgan fingerprint density at radius 2 is 1.92 bits per heavy atom. The molecule has 74 valence electrons. The van der Waals surface area contributed by atoms with Crippen molar-refractivity contribution < 1.29 is 14.3 Å². The van der Waals surface area contributed by atoms with Crippen LogP contribution in [0.25, 0.3) is 0 Å². The van der Waals surface area contributed by atoms with E-state index in [0.717, 1.165) is 11.5 Å². The molecule has 1 aliphatic heterocycles. The van der Waals surface area contributed by atoms with Crippen LogP contribution < -0.4 is 0 Å². The van der Waals surface area contributed by atoms with Crippen LogP contribution in [0.2, 0.25) is 0 Å². The first-order valence-corrected chi connectivity index (χ1v) is 5.93. The van der Waals surface area contributed by atoms with Crippen molar-refractivity contribution in [1.82, 2.24) is 0 Å². The van der Waals surface area contributed by atoms with Crippen LogP contribution in [0, 0.1) is 0 Å². The second-order valence-corrected chi connectivity index (χ2v) is 6.38. The average Bonchev–Trinajstić information content (AvgIpc) is 2.50. The van der Waals surface area contributed by atoms with Gasteiger partial charge in [0.1, 0.15) is 0 Å². The van der Waals surface area contributed by atoms with Gasteiger partial charge in [0.25, 0.3) is 0 Å². The molecule has 1 aliphatic rings. The van der Waals surface area contributed by atoms with Crippen LogP contribution in [0.3, 0.4) is 0 Å². The SMILES string of the molecule is COC(=O)C(=O)CC1(C)SCCS1.